The first kappa shape index (κ1) is 25.8. The molecule has 0 aromatic heterocycles. The molecule has 2 N–H and O–H groups in total. The molecule has 3 aromatic rings. The molecular weight excluding hydrogens is 564 g/mol. The van der Waals surface area contributed by atoms with Gasteiger partial charge in [-0.1, -0.05) is 51.3 Å². The Morgan fingerprint density at radius 3 is 1.82 bits per heavy atom. The van der Waals surface area contributed by atoms with Gasteiger partial charge in [0, 0.05) is 20.1 Å². The van der Waals surface area contributed by atoms with Gasteiger partial charge in [0.05, 0.1) is 13.7 Å². The van der Waals surface area contributed by atoms with Crippen molar-refractivity contribution in [3.8, 4) is 11.5 Å². The Morgan fingerprint density at radius 1 is 0.824 bits per heavy atom. The Kier molecular flexibility index (Phi) is 9.53. The predicted octanol–water partition coefficient (Wildman–Crippen LogP) is 6.26. The lowest BCUT2D eigenvalue weighted by atomic mass is 10.1. The molecule has 178 valence electrons. The molecule has 6 nitrogen and oxygen atoms in total. The number of ether oxygens (including phenoxy) is 2. The minimum atomic E-state index is -0.799. The quantitative estimate of drug-likeness (QED) is 0.216. The normalized spacial score (nSPS) is 10.6. The monoisotopic (exact) mass is 588 g/mol. The van der Waals surface area contributed by atoms with Gasteiger partial charge in [0.25, 0.3) is 11.8 Å². The van der Waals surface area contributed by atoms with Crippen molar-refractivity contribution in [2.75, 3.05) is 13.7 Å². The molecule has 0 saturated carbocycles. The second-order valence-electron chi connectivity index (χ2n) is 7.51. The van der Waals surface area contributed by atoms with Gasteiger partial charge in [-0.05, 0) is 72.6 Å². The average molecular weight is 590 g/mol. The molecule has 3 rings (SSSR count). The lowest BCUT2D eigenvalue weighted by molar-refractivity contribution is 0.0883. The van der Waals surface area contributed by atoms with Gasteiger partial charge in [-0.15, -0.1) is 0 Å². The van der Waals surface area contributed by atoms with Gasteiger partial charge in [-0.25, -0.2) is 0 Å². The molecule has 0 bridgehead atoms. The highest BCUT2D eigenvalue weighted by Crippen LogP contribution is 2.30. The van der Waals surface area contributed by atoms with Gasteiger partial charge in [0.15, 0.2) is 11.5 Å². The van der Waals surface area contributed by atoms with E-state index in [0.29, 0.717) is 34.8 Å². The van der Waals surface area contributed by atoms with Crippen LogP contribution in [0.15, 0.2) is 75.7 Å². The van der Waals surface area contributed by atoms with Gasteiger partial charge in [-0.2, -0.15) is 0 Å². The van der Waals surface area contributed by atoms with E-state index >= 15 is 0 Å². The van der Waals surface area contributed by atoms with Gasteiger partial charge >= 0.3 is 0 Å². The van der Waals surface area contributed by atoms with Crippen LogP contribution >= 0.6 is 31.9 Å². The van der Waals surface area contributed by atoms with E-state index in [-0.39, 0.29) is 11.8 Å². The van der Waals surface area contributed by atoms with E-state index < -0.39 is 6.17 Å². The topological polar surface area (TPSA) is 76.7 Å². The second kappa shape index (κ2) is 12.6. The standard InChI is InChI=1S/C26H26Br2N2O4/c1-3-4-15-34-23-16-19(9-14-22(23)33-2)24(29-25(31)17-5-10-20(27)11-6-17)30-26(32)18-7-12-21(28)13-8-18/h5-14,16,24H,3-4,15H2,1-2H3,(H,29,31)(H,30,32). The molecule has 2 amide bonds. The van der Waals surface area contributed by atoms with Crippen LogP contribution in [-0.2, 0) is 0 Å². The maximum absolute atomic E-state index is 13.0. The van der Waals surface area contributed by atoms with Crippen molar-refractivity contribution in [3.63, 3.8) is 0 Å². The van der Waals surface area contributed by atoms with E-state index in [1.165, 1.54) is 0 Å². The van der Waals surface area contributed by atoms with E-state index in [2.05, 4.69) is 49.4 Å². The van der Waals surface area contributed by atoms with Crippen LogP contribution in [0.25, 0.3) is 0 Å². The second-order valence-corrected chi connectivity index (χ2v) is 9.34. The molecule has 0 saturated heterocycles. The number of unbranched alkanes of at least 4 members (excludes halogenated alkanes) is 1. The lowest BCUT2D eigenvalue weighted by Gasteiger charge is -2.22. The molecule has 8 heteroatoms. The van der Waals surface area contributed by atoms with Gasteiger partial charge in [-0.3, -0.25) is 9.59 Å². The summed E-state index contributed by atoms with van der Waals surface area (Å²) in [6.07, 6.45) is 1.10. The fraction of sp³-hybridized carbons (Fsp3) is 0.231. The highest BCUT2D eigenvalue weighted by Gasteiger charge is 2.21. The molecule has 0 radical (unpaired) electrons. The molecule has 0 fully saturated rings. The smallest absolute Gasteiger partial charge is 0.253 e. The summed E-state index contributed by atoms with van der Waals surface area (Å²) in [5.74, 6) is 0.488. The summed E-state index contributed by atoms with van der Waals surface area (Å²) in [6, 6.07) is 19.3. The number of nitrogens with one attached hydrogen (secondary N) is 2. The summed E-state index contributed by atoms with van der Waals surface area (Å²) in [6.45, 7) is 2.62. The Labute approximate surface area is 216 Å². The lowest BCUT2D eigenvalue weighted by Crippen LogP contribution is -2.41. The number of carbonyl (C=O) groups is 2. The third-order valence-corrected chi connectivity index (χ3v) is 6.10. The van der Waals surface area contributed by atoms with Crippen LogP contribution in [0.3, 0.4) is 0 Å². The van der Waals surface area contributed by atoms with E-state index in [1.807, 2.05) is 0 Å². The molecule has 0 aliphatic carbocycles. The largest absolute Gasteiger partial charge is 0.493 e. The van der Waals surface area contributed by atoms with Crippen LogP contribution in [0.1, 0.15) is 52.2 Å². The van der Waals surface area contributed by atoms with Crippen LogP contribution in [-0.4, -0.2) is 25.5 Å². The number of hydrogen-bond donors (Lipinski definition) is 2. The molecule has 0 spiro atoms. The summed E-state index contributed by atoms with van der Waals surface area (Å²) >= 11 is 6.75. The molecule has 3 aromatic carbocycles. The Bertz CT molecular complexity index is 1060. The number of carbonyl (C=O) groups excluding carboxylic acids is 2. The first-order valence-electron chi connectivity index (χ1n) is 10.8. The van der Waals surface area contributed by atoms with Crippen LogP contribution in [0.2, 0.25) is 0 Å². The molecule has 0 atom stereocenters. The molecule has 0 aliphatic heterocycles. The third kappa shape index (κ3) is 7.08. The molecular formula is C26H26Br2N2O4. The number of amides is 2. The van der Waals surface area contributed by atoms with E-state index in [9.17, 15) is 9.59 Å². The number of rotatable bonds is 10. The highest BCUT2D eigenvalue weighted by molar-refractivity contribution is 9.10. The highest BCUT2D eigenvalue weighted by atomic mass is 79.9. The fourth-order valence-electron chi connectivity index (χ4n) is 3.15. The number of halogens is 2. The predicted molar refractivity (Wildman–Crippen MR) is 139 cm³/mol. The van der Waals surface area contributed by atoms with E-state index in [0.717, 1.165) is 21.8 Å². The minimum absolute atomic E-state index is 0.321. The molecule has 0 aliphatic rings. The van der Waals surface area contributed by atoms with Crippen LogP contribution in [0, 0.1) is 0 Å². The third-order valence-electron chi connectivity index (χ3n) is 5.04. The van der Waals surface area contributed by atoms with Crippen molar-refractivity contribution in [1.29, 1.82) is 0 Å². The zero-order chi connectivity index (χ0) is 24.5. The van der Waals surface area contributed by atoms with Gasteiger partial charge < -0.3 is 20.1 Å². The van der Waals surface area contributed by atoms with Crippen molar-refractivity contribution in [2.24, 2.45) is 0 Å². The summed E-state index contributed by atoms with van der Waals surface area (Å²) < 4.78 is 13.1. The maximum Gasteiger partial charge on any atom is 0.253 e. The molecule has 34 heavy (non-hydrogen) atoms. The Morgan fingerprint density at radius 2 is 1.35 bits per heavy atom. The Hall–Kier alpha value is -2.84. The van der Waals surface area contributed by atoms with Crippen molar-refractivity contribution >= 4 is 43.7 Å². The van der Waals surface area contributed by atoms with Crippen LogP contribution < -0.4 is 20.1 Å². The first-order valence-corrected chi connectivity index (χ1v) is 12.4. The molecule has 0 unspecified atom stereocenters. The maximum atomic E-state index is 13.0. The molecule has 0 heterocycles. The summed E-state index contributed by atoms with van der Waals surface area (Å²) in [4.78, 5) is 26.0. The van der Waals surface area contributed by atoms with Crippen molar-refractivity contribution in [2.45, 2.75) is 25.9 Å². The fourth-order valence-corrected chi connectivity index (χ4v) is 3.67. The number of methoxy groups -OCH3 is 1. The average Bonchev–Trinajstić information content (AvgIpc) is 2.84. The Balaban J connectivity index is 1.90. The van der Waals surface area contributed by atoms with Crippen molar-refractivity contribution in [1.82, 2.24) is 10.6 Å². The van der Waals surface area contributed by atoms with Crippen LogP contribution in [0.4, 0.5) is 0 Å². The first-order chi connectivity index (χ1) is 16.4. The number of benzene rings is 3. The van der Waals surface area contributed by atoms with E-state index in [1.54, 1.807) is 73.8 Å². The summed E-state index contributed by atoms with van der Waals surface area (Å²) in [7, 11) is 1.57. The zero-order valence-electron chi connectivity index (χ0n) is 18.9. The van der Waals surface area contributed by atoms with Crippen molar-refractivity contribution < 1.29 is 19.1 Å². The zero-order valence-corrected chi connectivity index (χ0v) is 22.1. The van der Waals surface area contributed by atoms with E-state index in [4.69, 9.17) is 9.47 Å². The van der Waals surface area contributed by atoms with Crippen LogP contribution in [0.5, 0.6) is 11.5 Å². The van der Waals surface area contributed by atoms with Gasteiger partial charge in [0.1, 0.15) is 6.17 Å². The number of hydrogen-bond acceptors (Lipinski definition) is 4. The summed E-state index contributed by atoms with van der Waals surface area (Å²) in [5.41, 5.74) is 1.60. The van der Waals surface area contributed by atoms with Crippen molar-refractivity contribution in [3.05, 3.63) is 92.4 Å². The summed E-state index contributed by atoms with van der Waals surface area (Å²) in [5, 5.41) is 5.84. The van der Waals surface area contributed by atoms with Gasteiger partial charge in [0.2, 0.25) is 0 Å². The SMILES string of the molecule is CCCCOc1cc(C(NC(=O)c2ccc(Br)cc2)NC(=O)c2ccc(Br)cc2)ccc1OC. The minimum Gasteiger partial charge on any atom is -0.493 e.